The molecule has 0 saturated heterocycles. The molecule has 1 aromatic heterocycles. The molecule has 26 heavy (non-hydrogen) atoms. The largest absolute Gasteiger partial charge is 0.368 e. The molecule has 3 N–H and O–H groups in total. The van der Waals surface area contributed by atoms with Gasteiger partial charge in [-0.05, 0) is 23.6 Å². The number of primary amides is 1. The van der Waals surface area contributed by atoms with Gasteiger partial charge in [-0.2, -0.15) is 0 Å². The summed E-state index contributed by atoms with van der Waals surface area (Å²) < 4.78 is 0. The average molecular weight is 376 g/mol. The van der Waals surface area contributed by atoms with Crippen LogP contribution in [0.25, 0.3) is 0 Å². The molecule has 0 saturated carbocycles. The smallest absolute Gasteiger partial charge is 0.288 e. The first-order valence-electron chi connectivity index (χ1n) is 8.12. The second-order valence-corrected chi connectivity index (χ2v) is 6.45. The van der Waals surface area contributed by atoms with Gasteiger partial charge in [0.1, 0.15) is 12.0 Å². The van der Waals surface area contributed by atoms with Gasteiger partial charge in [0, 0.05) is 37.3 Å². The van der Waals surface area contributed by atoms with E-state index < -0.39 is 10.8 Å². The Kier molecular flexibility index (Phi) is 5.34. The van der Waals surface area contributed by atoms with Crippen LogP contribution in [0.1, 0.15) is 21.5 Å². The third-order valence-electron chi connectivity index (χ3n) is 4.36. The zero-order valence-electron chi connectivity index (χ0n) is 13.9. The fourth-order valence-corrected chi connectivity index (χ4v) is 3.32. The van der Waals surface area contributed by atoms with E-state index in [0.29, 0.717) is 6.54 Å². The Bertz CT molecular complexity index is 858. The number of nitrogens with one attached hydrogen (secondary N) is 1. The lowest BCUT2D eigenvalue weighted by Gasteiger charge is -2.29. The first-order chi connectivity index (χ1) is 12.5. The van der Waals surface area contributed by atoms with Crippen LogP contribution in [-0.4, -0.2) is 40.3 Å². The Morgan fingerprint density at radius 1 is 1.46 bits per heavy atom. The number of nitro groups is 1. The number of amides is 1. The number of fused-ring (bicyclic) bond motifs is 1. The van der Waals surface area contributed by atoms with E-state index in [1.165, 1.54) is 11.1 Å². The summed E-state index contributed by atoms with van der Waals surface area (Å²) in [5.41, 5.74) is 7.46. The van der Waals surface area contributed by atoms with Crippen LogP contribution < -0.4 is 11.1 Å². The van der Waals surface area contributed by atoms with E-state index in [2.05, 4.69) is 21.3 Å². The zero-order valence-corrected chi connectivity index (χ0v) is 14.7. The number of anilines is 1. The number of carbonyl (C=O) groups excluding carboxylic acids is 1. The monoisotopic (exact) mass is 375 g/mol. The average Bonchev–Trinajstić information content (AvgIpc) is 2.61. The predicted molar refractivity (Wildman–Crippen MR) is 98.3 cm³/mol. The highest BCUT2D eigenvalue weighted by atomic mass is 35.5. The molecule has 0 radical (unpaired) electrons. The SMILES string of the molecule is NC(=O)c1cc([N+](=O)[O-])cnc1NCCN1CCc2c(Cl)cccc2C1. The number of nitrogens with two attached hydrogens (primary N) is 1. The van der Waals surface area contributed by atoms with Gasteiger partial charge in [0.05, 0.1) is 10.5 Å². The van der Waals surface area contributed by atoms with Gasteiger partial charge in [-0.3, -0.25) is 19.8 Å². The van der Waals surface area contributed by atoms with E-state index in [-0.39, 0.29) is 17.1 Å². The lowest BCUT2D eigenvalue weighted by atomic mass is 10.00. The molecule has 0 unspecified atom stereocenters. The molecule has 0 bridgehead atoms. The summed E-state index contributed by atoms with van der Waals surface area (Å²) in [6.07, 6.45) is 1.99. The molecule has 2 heterocycles. The summed E-state index contributed by atoms with van der Waals surface area (Å²) >= 11 is 6.23. The van der Waals surface area contributed by atoms with Crippen molar-refractivity contribution in [2.45, 2.75) is 13.0 Å². The fourth-order valence-electron chi connectivity index (χ4n) is 3.03. The summed E-state index contributed by atoms with van der Waals surface area (Å²) in [5.74, 6) is -0.506. The molecule has 1 amide bonds. The molecule has 1 aliphatic rings. The number of aromatic nitrogens is 1. The van der Waals surface area contributed by atoms with Gasteiger partial charge in [0.15, 0.2) is 0 Å². The predicted octanol–water partition coefficient (Wildman–Crippen LogP) is 2.21. The van der Waals surface area contributed by atoms with Gasteiger partial charge >= 0.3 is 0 Å². The third kappa shape index (κ3) is 3.92. The standard InChI is InChI=1S/C17H18ClN5O3/c18-15-3-1-2-11-10-22(6-4-13(11)15)7-5-20-17-14(16(19)24)8-12(9-21-17)23(25)26/h1-3,8-9H,4-7,10H2,(H2,19,24)(H,20,21). The van der Waals surface area contributed by atoms with Crippen molar-refractivity contribution < 1.29 is 9.72 Å². The molecule has 2 aromatic rings. The van der Waals surface area contributed by atoms with Gasteiger partial charge in [-0.25, -0.2) is 4.98 Å². The molecule has 0 aliphatic carbocycles. The Hall–Kier alpha value is -2.71. The fraction of sp³-hybridized carbons (Fsp3) is 0.294. The van der Waals surface area contributed by atoms with Crippen molar-refractivity contribution in [3.05, 3.63) is 62.3 Å². The van der Waals surface area contributed by atoms with Crippen molar-refractivity contribution in [1.29, 1.82) is 0 Å². The number of rotatable bonds is 6. The zero-order chi connectivity index (χ0) is 18.7. The molecule has 136 valence electrons. The Morgan fingerprint density at radius 2 is 2.27 bits per heavy atom. The van der Waals surface area contributed by atoms with Gasteiger partial charge in [-0.15, -0.1) is 0 Å². The van der Waals surface area contributed by atoms with Crippen molar-refractivity contribution in [1.82, 2.24) is 9.88 Å². The van der Waals surface area contributed by atoms with Crippen LogP contribution in [0.5, 0.6) is 0 Å². The van der Waals surface area contributed by atoms with Gasteiger partial charge < -0.3 is 11.1 Å². The summed E-state index contributed by atoms with van der Waals surface area (Å²) in [7, 11) is 0. The number of pyridine rings is 1. The Balaban J connectivity index is 1.62. The molecule has 8 nitrogen and oxygen atoms in total. The maximum Gasteiger partial charge on any atom is 0.288 e. The van der Waals surface area contributed by atoms with E-state index in [9.17, 15) is 14.9 Å². The maximum absolute atomic E-state index is 11.5. The minimum Gasteiger partial charge on any atom is -0.368 e. The molecule has 0 spiro atoms. The molecule has 0 fully saturated rings. The van der Waals surface area contributed by atoms with Gasteiger partial charge in [0.2, 0.25) is 0 Å². The van der Waals surface area contributed by atoms with Crippen LogP contribution >= 0.6 is 11.6 Å². The first kappa shape index (κ1) is 18.1. The molecular formula is C17H18ClN5O3. The molecule has 1 aliphatic heterocycles. The molecule has 3 rings (SSSR count). The van der Waals surface area contributed by atoms with Crippen molar-refractivity contribution in [3.63, 3.8) is 0 Å². The second-order valence-electron chi connectivity index (χ2n) is 6.04. The van der Waals surface area contributed by atoms with E-state index in [0.717, 1.165) is 43.3 Å². The highest BCUT2D eigenvalue weighted by Gasteiger charge is 2.19. The highest BCUT2D eigenvalue weighted by molar-refractivity contribution is 6.31. The summed E-state index contributed by atoms with van der Waals surface area (Å²) in [6, 6.07) is 7.06. The highest BCUT2D eigenvalue weighted by Crippen LogP contribution is 2.25. The van der Waals surface area contributed by atoms with Crippen LogP contribution in [0.4, 0.5) is 11.5 Å². The number of benzene rings is 1. The van der Waals surface area contributed by atoms with Crippen molar-refractivity contribution in [2.24, 2.45) is 5.73 Å². The summed E-state index contributed by atoms with van der Waals surface area (Å²) in [4.78, 5) is 28.0. The van der Waals surface area contributed by atoms with E-state index in [4.69, 9.17) is 17.3 Å². The second kappa shape index (κ2) is 7.67. The number of hydrogen-bond acceptors (Lipinski definition) is 6. The number of hydrogen-bond donors (Lipinski definition) is 2. The van der Waals surface area contributed by atoms with Gasteiger partial charge in [0.25, 0.3) is 11.6 Å². The number of halogens is 1. The number of nitrogens with zero attached hydrogens (tertiary/aromatic N) is 3. The topological polar surface area (TPSA) is 114 Å². The Morgan fingerprint density at radius 3 is 3.00 bits per heavy atom. The summed E-state index contributed by atoms with van der Waals surface area (Å²) in [6.45, 7) is 2.94. The third-order valence-corrected chi connectivity index (χ3v) is 4.71. The summed E-state index contributed by atoms with van der Waals surface area (Å²) in [5, 5.41) is 14.7. The number of carbonyl (C=O) groups is 1. The molecule has 1 aromatic carbocycles. The quantitative estimate of drug-likeness (QED) is 0.591. The minimum atomic E-state index is -0.759. The van der Waals surface area contributed by atoms with Crippen LogP contribution in [0.2, 0.25) is 5.02 Å². The van der Waals surface area contributed by atoms with Crippen LogP contribution in [0.15, 0.2) is 30.5 Å². The lowest BCUT2D eigenvalue weighted by molar-refractivity contribution is -0.385. The molecule has 9 heteroatoms. The first-order valence-corrected chi connectivity index (χ1v) is 8.50. The van der Waals surface area contributed by atoms with Crippen LogP contribution in [-0.2, 0) is 13.0 Å². The van der Waals surface area contributed by atoms with Crippen LogP contribution in [0.3, 0.4) is 0 Å². The van der Waals surface area contributed by atoms with E-state index in [1.54, 1.807) is 0 Å². The van der Waals surface area contributed by atoms with Crippen molar-refractivity contribution in [3.8, 4) is 0 Å². The molecular weight excluding hydrogens is 358 g/mol. The van der Waals surface area contributed by atoms with E-state index >= 15 is 0 Å². The maximum atomic E-state index is 11.5. The van der Waals surface area contributed by atoms with E-state index in [1.807, 2.05) is 12.1 Å². The lowest BCUT2D eigenvalue weighted by Crippen LogP contribution is -2.34. The van der Waals surface area contributed by atoms with Crippen molar-refractivity contribution >= 4 is 29.0 Å². The van der Waals surface area contributed by atoms with Crippen molar-refractivity contribution in [2.75, 3.05) is 25.0 Å². The Labute approximate surface area is 155 Å². The van der Waals surface area contributed by atoms with Crippen LogP contribution in [0, 0.1) is 10.1 Å². The minimum absolute atomic E-state index is 0.00923. The van der Waals surface area contributed by atoms with Gasteiger partial charge in [-0.1, -0.05) is 23.7 Å². The normalized spacial score (nSPS) is 13.9. The molecule has 0 atom stereocenters.